The van der Waals surface area contributed by atoms with Crippen molar-refractivity contribution < 1.29 is 14.6 Å². The molecule has 0 saturated heterocycles. The monoisotopic (exact) mass is 283 g/mol. The zero-order chi connectivity index (χ0) is 14.7. The number of anilines is 1. The number of hydrogen-bond acceptors (Lipinski definition) is 3. The van der Waals surface area contributed by atoms with Crippen LogP contribution < -0.4 is 9.64 Å². The van der Waals surface area contributed by atoms with E-state index in [1.165, 1.54) is 0 Å². The second-order valence-electron chi connectivity index (χ2n) is 5.00. The summed E-state index contributed by atoms with van der Waals surface area (Å²) in [5.41, 5.74) is 1.84. The van der Waals surface area contributed by atoms with Crippen molar-refractivity contribution in [2.24, 2.45) is 0 Å². The second kappa shape index (κ2) is 5.97. The number of hydrogen-bond donors (Lipinski definition) is 1. The lowest BCUT2D eigenvalue weighted by Crippen LogP contribution is -2.45. The molecule has 0 spiro atoms. The maximum Gasteiger partial charge on any atom is 0.268 e. The van der Waals surface area contributed by atoms with Crippen LogP contribution in [0.3, 0.4) is 0 Å². The minimum atomic E-state index is -0.617. The van der Waals surface area contributed by atoms with Gasteiger partial charge in [-0.2, -0.15) is 0 Å². The number of nitrogens with zero attached hydrogens (tertiary/aromatic N) is 1. The summed E-state index contributed by atoms with van der Waals surface area (Å²) < 4.78 is 5.70. The summed E-state index contributed by atoms with van der Waals surface area (Å²) in [4.78, 5) is 14.3. The smallest absolute Gasteiger partial charge is 0.268 e. The zero-order valence-corrected chi connectivity index (χ0v) is 11.6. The molecule has 1 aliphatic rings. The molecule has 108 valence electrons. The van der Waals surface area contributed by atoms with Crippen LogP contribution in [-0.2, 0) is 11.3 Å². The van der Waals surface area contributed by atoms with Gasteiger partial charge in [0.25, 0.3) is 5.91 Å². The number of benzene rings is 2. The van der Waals surface area contributed by atoms with E-state index in [-0.39, 0.29) is 12.5 Å². The van der Waals surface area contributed by atoms with Gasteiger partial charge in [-0.25, -0.2) is 0 Å². The van der Waals surface area contributed by atoms with Crippen molar-refractivity contribution in [2.45, 2.75) is 19.1 Å². The largest absolute Gasteiger partial charge is 0.478 e. The molecule has 0 unspecified atom stereocenters. The van der Waals surface area contributed by atoms with Crippen LogP contribution in [0.25, 0.3) is 0 Å². The number of fused-ring (bicyclic) bond motifs is 1. The Hall–Kier alpha value is -2.33. The molecular formula is C17H17NO3. The molecule has 1 N–H and O–H groups in total. The third-order valence-electron chi connectivity index (χ3n) is 3.54. The van der Waals surface area contributed by atoms with Crippen molar-refractivity contribution in [3.63, 3.8) is 0 Å². The lowest BCUT2D eigenvalue weighted by atomic mass is 10.1. The van der Waals surface area contributed by atoms with Crippen LogP contribution in [0.15, 0.2) is 54.6 Å². The zero-order valence-electron chi connectivity index (χ0n) is 11.6. The summed E-state index contributed by atoms with van der Waals surface area (Å²) in [7, 11) is 0. The maximum atomic E-state index is 12.6. The molecule has 0 saturated carbocycles. The number of aliphatic hydroxyl groups is 1. The predicted molar refractivity (Wildman–Crippen MR) is 80.2 cm³/mol. The van der Waals surface area contributed by atoms with Gasteiger partial charge in [0.05, 0.1) is 12.2 Å². The molecule has 0 radical (unpaired) electrons. The molecule has 1 aliphatic heterocycles. The topological polar surface area (TPSA) is 49.8 Å². The lowest BCUT2D eigenvalue weighted by molar-refractivity contribution is -0.127. The molecule has 2 aromatic rings. The molecule has 1 heterocycles. The maximum absolute atomic E-state index is 12.6. The van der Waals surface area contributed by atoms with Gasteiger partial charge in [0, 0.05) is 13.0 Å². The first-order chi connectivity index (χ1) is 10.3. The fraction of sp³-hybridized carbons (Fsp3) is 0.235. The van der Waals surface area contributed by atoms with E-state index in [9.17, 15) is 4.79 Å². The fourth-order valence-corrected chi connectivity index (χ4v) is 2.50. The molecule has 3 rings (SSSR count). The van der Waals surface area contributed by atoms with E-state index in [1.54, 1.807) is 4.90 Å². The molecule has 4 nitrogen and oxygen atoms in total. The van der Waals surface area contributed by atoms with Crippen molar-refractivity contribution in [3.8, 4) is 5.75 Å². The Bertz CT molecular complexity index is 627. The molecule has 0 fully saturated rings. The van der Waals surface area contributed by atoms with E-state index in [1.807, 2.05) is 54.6 Å². The SMILES string of the molecule is O=C1[C@@H](CCO)Oc2ccccc2N1Cc1ccccc1. The van der Waals surface area contributed by atoms with E-state index >= 15 is 0 Å². The molecule has 2 aromatic carbocycles. The number of rotatable bonds is 4. The molecular weight excluding hydrogens is 266 g/mol. The normalized spacial score (nSPS) is 17.3. The molecule has 0 bridgehead atoms. The number of carbonyl (C=O) groups excluding carboxylic acids is 1. The van der Waals surface area contributed by atoms with Gasteiger partial charge in [0.15, 0.2) is 6.10 Å². The standard InChI is InChI=1S/C17H17NO3/c19-11-10-16-17(20)18(12-13-6-2-1-3-7-13)14-8-4-5-9-15(14)21-16/h1-9,16,19H,10-12H2/t16-/m1/s1. The van der Waals surface area contributed by atoms with E-state index in [0.717, 1.165) is 11.3 Å². The Balaban J connectivity index is 1.94. The highest BCUT2D eigenvalue weighted by Gasteiger charge is 2.33. The Labute approximate surface area is 123 Å². The molecule has 1 atom stereocenters. The molecule has 21 heavy (non-hydrogen) atoms. The van der Waals surface area contributed by atoms with Crippen LogP contribution in [0.4, 0.5) is 5.69 Å². The first-order valence-corrected chi connectivity index (χ1v) is 7.01. The van der Waals surface area contributed by atoms with Crippen LogP contribution >= 0.6 is 0 Å². The molecule has 1 amide bonds. The number of para-hydroxylation sites is 2. The fourth-order valence-electron chi connectivity index (χ4n) is 2.50. The summed E-state index contributed by atoms with van der Waals surface area (Å²) >= 11 is 0. The van der Waals surface area contributed by atoms with Crippen LogP contribution in [0, 0.1) is 0 Å². The Morgan fingerprint density at radius 3 is 2.52 bits per heavy atom. The van der Waals surface area contributed by atoms with Gasteiger partial charge in [-0.05, 0) is 17.7 Å². The van der Waals surface area contributed by atoms with Gasteiger partial charge >= 0.3 is 0 Å². The van der Waals surface area contributed by atoms with E-state index < -0.39 is 6.10 Å². The summed E-state index contributed by atoms with van der Waals surface area (Å²) in [5, 5.41) is 9.11. The summed E-state index contributed by atoms with van der Waals surface area (Å²) in [6.45, 7) is 0.430. The van der Waals surface area contributed by atoms with Crippen molar-refractivity contribution in [3.05, 3.63) is 60.2 Å². The van der Waals surface area contributed by atoms with Gasteiger partial charge in [0.2, 0.25) is 0 Å². The second-order valence-corrected chi connectivity index (χ2v) is 5.00. The average Bonchev–Trinajstić information content (AvgIpc) is 2.52. The van der Waals surface area contributed by atoms with Crippen molar-refractivity contribution in [1.82, 2.24) is 0 Å². The molecule has 4 heteroatoms. The Morgan fingerprint density at radius 2 is 1.76 bits per heavy atom. The quantitative estimate of drug-likeness (QED) is 0.937. The van der Waals surface area contributed by atoms with Crippen LogP contribution in [-0.4, -0.2) is 23.7 Å². The molecule has 0 aliphatic carbocycles. The van der Waals surface area contributed by atoms with Gasteiger partial charge in [-0.1, -0.05) is 42.5 Å². The van der Waals surface area contributed by atoms with Crippen molar-refractivity contribution in [2.75, 3.05) is 11.5 Å². The van der Waals surface area contributed by atoms with E-state index in [0.29, 0.717) is 18.7 Å². The van der Waals surface area contributed by atoms with Crippen molar-refractivity contribution >= 4 is 11.6 Å². The number of ether oxygens (including phenoxy) is 1. The number of aliphatic hydroxyl groups excluding tert-OH is 1. The highest BCUT2D eigenvalue weighted by atomic mass is 16.5. The Kier molecular flexibility index (Phi) is 3.88. The highest BCUT2D eigenvalue weighted by molar-refractivity contribution is 5.99. The van der Waals surface area contributed by atoms with Crippen LogP contribution in [0.1, 0.15) is 12.0 Å². The summed E-state index contributed by atoms with van der Waals surface area (Å²) in [6, 6.07) is 17.3. The summed E-state index contributed by atoms with van der Waals surface area (Å²) in [6.07, 6.45) is -0.313. The number of carbonyl (C=O) groups is 1. The Morgan fingerprint density at radius 1 is 1.05 bits per heavy atom. The molecule has 0 aromatic heterocycles. The third kappa shape index (κ3) is 2.76. The minimum absolute atomic E-state index is 0.0717. The summed E-state index contributed by atoms with van der Waals surface area (Å²) in [5.74, 6) is 0.582. The van der Waals surface area contributed by atoms with Crippen LogP contribution in [0.2, 0.25) is 0 Å². The number of amides is 1. The third-order valence-corrected chi connectivity index (χ3v) is 3.54. The predicted octanol–water partition coefficient (Wildman–Crippen LogP) is 2.36. The average molecular weight is 283 g/mol. The van der Waals surface area contributed by atoms with Crippen molar-refractivity contribution in [1.29, 1.82) is 0 Å². The van der Waals surface area contributed by atoms with Gasteiger partial charge in [-0.15, -0.1) is 0 Å². The van der Waals surface area contributed by atoms with Gasteiger partial charge in [-0.3, -0.25) is 4.79 Å². The first kappa shape index (κ1) is 13.6. The highest BCUT2D eigenvalue weighted by Crippen LogP contribution is 2.35. The lowest BCUT2D eigenvalue weighted by Gasteiger charge is -2.34. The first-order valence-electron chi connectivity index (χ1n) is 7.01. The van der Waals surface area contributed by atoms with Gasteiger partial charge < -0.3 is 14.7 Å². The van der Waals surface area contributed by atoms with Crippen LogP contribution in [0.5, 0.6) is 5.75 Å². The van der Waals surface area contributed by atoms with E-state index in [4.69, 9.17) is 9.84 Å². The minimum Gasteiger partial charge on any atom is -0.478 e. The van der Waals surface area contributed by atoms with E-state index in [2.05, 4.69) is 0 Å². The van der Waals surface area contributed by atoms with Gasteiger partial charge in [0.1, 0.15) is 5.75 Å².